The van der Waals surface area contributed by atoms with Crippen molar-refractivity contribution in [3.8, 4) is 0 Å². The molecule has 0 radical (unpaired) electrons. The van der Waals surface area contributed by atoms with Crippen LogP contribution in [-0.4, -0.2) is 52.7 Å². The van der Waals surface area contributed by atoms with E-state index in [0.717, 1.165) is 25.2 Å². The number of halogens is 1. The number of piperidine rings is 1. The molecule has 6 nitrogen and oxygen atoms in total. The number of rotatable bonds is 2. The topological polar surface area (TPSA) is 58.6 Å². The number of nitrogens with zero attached hydrogens (tertiary/aromatic N) is 4. The van der Waals surface area contributed by atoms with Crippen LogP contribution >= 0.6 is 11.6 Å². The molecule has 1 unspecified atom stereocenters. The third-order valence-electron chi connectivity index (χ3n) is 3.57. The molecular formula is C15H23ClN4O2. The molecule has 1 fully saturated rings. The fourth-order valence-corrected chi connectivity index (χ4v) is 2.60. The maximum Gasteiger partial charge on any atom is 0.410 e. The Morgan fingerprint density at radius 3 is 2.82 bits per heavy atom. The number of carbonyl (C=O) groups is 1. The van der Waals surface area contributed by atoms with E-state index in [1.165, 1.54) is 6.33 Å². The van der Waals surface area contributed by atoms with Crippen molar-refractivity contribution in [2.45, 2.75) is 45.3 Å². The van der Waals surface area contributed by atoms with Crippen LogP contribution in [0.5, 0.6) is 0 Å². The smallest absolute Gasteiger partial charge is 0.410 e. The van der Waals surface area contributed by atoms with E-state index in [0.29, 0.717) is 11.7 Å². The molecule has 0 aromatic carbocycles. The summed E-state index contributed by atoms with van der Waals surface area (Å²) >= 11 is 5.92. The van der Waals surface area contributed by atoms with E-state index < -0.39 is 5.60 Å². The highest BCUT2D eigenvalue weighted by Crippen LogP contribution is 2.22. The van der Waals surface area contributed by atoms with Gasteiger partial charge in [0.25, 0.3) is 0 Å². The molecule has 0 N–H and O–H groups in total. The van der Waals surface area contributed by atoms with Crippen LogP contribution in [0.3, 0.4) is 0 Å². The molecule has 7 heteroatoms. The third kappa shape index (κ3) is 4.47. The average Bonchev–Trinajstić information content (AvgIpc) is 2.45. The minimum absolute atomic E-state index is 0.0948. The molecule has 122 valence electrons. The van der Waals surface area contributed by atoms with Crippen molar-refractivity contribution in [2.24, 2.45) is 0 Å². The summed E-state index contributed by atoms with van der Waals surface area (Å²) in [6.07, 6.45) is 3.10. The minimum Gasteiger partial charge on any atom is -0.444 e. The van der Waals surface area contributed by atoms with Gasteiger partial charge in [-0.25, -0.2) is 14.8 Å². The highest BCUT2D eigenvalue weighted by molar-refractivity contribution is 6.29. The summed E-state index contributed by atoms with van der Waals surface area (Å²) in [5, 5.41) is 0.424. The first-order valence-electron chi connectivity index (χ1n) is 7.44. The lowest BCUT2D eigenvalue weighted by Crippen LogP contribution is -2.50. The molecule has 1 aromatic rings. The van der Waals surface area contributed by atoms with Crippen LogP contribution in [0.4, 0.5) is 10.6 Å². The van der Waals surface area contributed by atoms with E-state index in [4.69, 9.17) is 16.3 Å². The number of hydrogen-bond donors (Lipinski definition) is 0. The normalized spacial score (nSPS) is 19.0. The Balaban J connectivity index is 2.02. The van der Waals surface area contributed by atoms with Crippen LogP contribution in [0.15, 0.2) is 12.4 Å². The zero-order valence-electron chi connectivity index (χ0n) is 13.5. The van der Waals surface area contributed by atoms with Gasteiger partial charge in [0.2, 0.25) is 0 Å². The van der Waals surface area contributed by atoms with Gasteiger partial charge in [-0.05, 0) is 33.6 Å². The van der Waals surface area contributed by atoms with Crippen LogP contribution in [0.1, 0.15) is 33.6 Å². The molecule has 1 aliphatic rings. The largest absolute Gasteiger partial charge is 0.444 e. The summed E-state index contributed by atoms with van der Waals surface area (Å²) in [4.78, 5) is 24.2. The predicted octanol–water partition coefficient (Wildman–Crippen LogP) is 2.97. The van der Waals surface area contributed by atoms with Crippen LogP contribution in [0, 0.1) is 0 Å². The fraction of sp³-hybridized carbons (Fsp3) is 0.667. The van der Waals surface area contributed by atoms with E-state index in [-0.39, 0.29) is 12.1 Å². The van der Waals surface area contributed by atoms with Gasteiger partial charge in [0, 0.05) is 26.2 Å². The molecule has 2 rings (SSSR count). The highest BCUT2D eigenvalue weighted by Gasteiger charge is 2.29. The quantitative estimate of drug-likeness (QED) is 0.782. The molecule has 1 amide bonds. The molecule has 0 saturated carbocycles. The molecule has 1 saturated heterocycles. The number of likely N-dealkylation sites (N-methyl/N-ethyl adjacent to an activating group) is 1. The second kappa shape index (κ2) is 6.69. The SMILES string of the molecule is CN(C(=O)OC(C)(C)C)C1CCCN(c2cc(Cl)ncn2)C1. The van der Waals surface area contributed by atoms with Gasteiger partial charge in [0.15, 0.2) is 0 Å². The standard InChI is InChI=1S/C15H23ClN4O2/c1-15(2,3)22-14(21)19(4)11-6-5-7-20(9-11)13-8-12(16)17-10-18-13/h8,10-11H,5-7,9H2,1-4H3. The number of amides is 1. The lowest BCUT2D eigenvalue weighted by atomic mass is 10.0. The Hall–Kier alpha value is -1.56. The van der Waals surface area contributed by atoms with Crippen molar-refractivity contribution < 1.29 is 9.53 Å². The molecule has 1 aliphatic heterocycles. The van der Waals surface area contributed by atoms with Crippen molar-refractivity contribution in [3.05, 3.63) is 17.5 Å². The number of anilines is 1. The highest BCUT2D eigenvalue weighted by atomic mass is 35.5. The van der Waals surface area contributed by atoms with Gasteiger partial charge in [-0.15, -0.1) is 0 Å². The van der Waals surface area contributed by atoms with Gasteiger partial charge >= 0.3 is 6.09 Å². The molecule has 1 atom stereocenters. The van der Waals surface area contributed by atoms with Crippen molar-refractivity contribution in [2.75, 3.05) is 25.0 Å². The first-order valence-corrected chi connectivity index (χ1v) is 7.82. The third-order valence-corrected chi connectivity index (χ3v) is 3.78. The number of ether oxygens (including phenoxy) is 1. The predicted molar refractivity (Wildman–Crippen MR) is 86.3 cm³/mol. The molecule has 22 heavy (non-hydrogen) atoms. The second-order valence-corrected chi connectivity index (χ2v) is 6.92. The van der Waals surface area contributed by atoms with Gasteiger partial charge in [0.1, 0.15) is 22.9 Å². The van der Waals surface area contributed by atoms with Gasteiger partial charge in [-0.2, -0.15) is 0 Å². The second-order valence-electron chi connectivity index (χ2n) is 6.53. The summed E-state index contributed by atoms with van der Waals surface area (Å²) in [6, 6.07) is 1.84. The first-order chi connectivity index (χ1) is 10.3. The number of aromatic nitrogens is 2. The van der Waals surface area contributed by atoms with Gasteiger partial charge in [0.05, 0.1) is 6.04 Å². The van der Waals surface area contributed by atoms with E-state index >= 15 is 0 Å². The van der Waals surface area contributed by atoms with Crippen molar-refractivity contribution >= 4 is 23.5 Å². The molecular weight excluding hydrogens is 304 g/mol. The lowest BCUT2D eigenvalue weighted by Gasteiger charge is -2.38. The molecule has 1 aromatic heterocycles. The van der Waals surface area contributed by atoms with Crippen LogP contribution < -0.4 is 4.90 Å². The van der Waals surface area contributed by atoms with Crippen LogP contribution in [0.25, 0.3) is 0 Å². The van der Waals surface area contributed by atoms with E-state index in [9.17, 15) is 4.79 Å². The van der Waals surface area contributed by atoms with Gasteiger partial charge in [-0.3, -0.25) is 0 Å². The summed E-state index contributed by atoms with van der Waals surface area (Å²) in [5.41, 5.74) is -0.486. The maximum absolute atomic E-state index is 12.2. The Morgan fingerprint density at radius 2 is 2.18 bits per heavy atom. The van der Waals surface area contributed by atoms with Crippen LogP contribution in [0.2, 0.25) is 5.15 Å². The van der Waals surface area contributed by atoms with E-state index in [1.54, 1.807) is 18.0 Å². The Labute approximate surface area is 136 Å². The lowest BCUT2D eigenvalue weighted by molar-refractivity contribution is 0.0209. The Morgan fingerprint density at radius 1 is 1.45 bits per heavy atom. The summed E-state index contributed by atoms with van der Waals surface area (Å²) in [7, 11) is 1.79. The van der Waals surface area contributed by atoms with Crippen molar-refractivity contribution in [3.63, 3.8) is 0 Å². The Kier molecular flexibility index (Phi) is 5.11. The fourth-order valence-electron chi connectivity index (χ4n) is 2.46. The zero-order valence-corrected chi connectivity index (χ0v) is 14.3. The number of hydrogen-bond acceptors (Lipinski definition) is 5. The van der Waals surface area contributed by atoms with Gasteiger partial charge in [-0.1, -0.05) is 11.6 Å². The summed E-state index contributed by atoms with van der Waals surface area (Å²) in [6.45, 7) is 7.22. The van der Waals surface area contributed by atoms with E-state index in [2.05, 4.69) is 14.9 Å². The molecule has 2 heterocycles. The first kappa shape index (κ1) is 16.8. The van der Waals surface area contributed by atoms with Crippen LogP contribution in [-0.2, 0) is 4.74 Å². The zero-order chi connectivity index (χ0) is 16.3. The van der Waals surface area contributed by atoms with Crippen molar-refractivity contribution in [1.29, 1.82) is 0 Å². The van der Waals surface area contributed by atoms with Gasteiger partial charge < -0.3 is 14.5 Å². The molecule has 0 bridgehead atoms. The number of carbonyl (C=O) groups excluding carboxylic acids is 1. The van der Waals surface area contributed by atoms with Crippen molar-refractivity contribution in [1.82, 2.24) is 14.9 Å². The minimum atomic E-state index is -0.486. The molecule has 0 spiro atoms. The average molecular weight is 327 g/mol. The Bertz CT molecular complexity index is 533. The molecule has 0 aliphatic carbocycles. The summed E-state index contributed by atoms with van der Waals surface area (Å²) < 4.78 is 5.43. The van der Waals surface area contributed by atoms with E-state index in [1.807, 2.05) is 20.8 Å². The monoisotopic (exact) mass is 326 g/mol. The maximum atomic E-state index is 12.2. The summed E-state index contributed by atoms with van der Waals surface area (Å²) in [5.74, 6) is 0.794.